The maximum absolute atomic E-state index is 13.4. The van der Waals surface area contributed by atoms with Gasteiger partial charge in [-0.15, -0.1) is 0 Å². The smallest absolute Gasteiger partial charge is 0.410 e. The number of carbonyl (C=O) groups is 3. The molecule has 0 aromatic heterocycles. The molecule has 3 amide bonds. The lowest BCUT2D eigenvalue weighted by molar-refractivity contribution is -0.143. The van der Waals surface area contributed by atoms with Crippen LogP contribution in [0.3, 0.4) is 0 Å². The number of nitrogens with one attached hydrogen (secondary N) is 1. The number of hydrogen-bond acceptors (Lipinski definition) is 6. The fourth-order valence-electron chi connectivity index (χ4n) is 4.29. The predicted molar refractivity (Wildman–Crippen MR) is 115 cm³/mol. The molecule has 2 heterocycles. The molecule has 0 aromatic carbocycles. The van der Waals surface area contributed by atoms with E-state index in [1.165, 1.54) is 11.9 Å². The molecule has 2 rings (SSSR count). The Morgan fingerprint density at radius 1 is 1.26 bits per heavy atom. The van der Waals surface area contributed by atoms with Crippen LogP contribution in [0.4, 0.5) is 4.79 Å². The van der Waals surface area contributed by atoms with Crippen LogP contribution in [-0.4, -0.2) is 88.9 Å². The first-order valence-corrected chi connectivity index (χ1v) is 11.3. The van der Waals surface area contributed by atoms with Crippen LogP contribution in [-0.2, 0) is 19.1 Å². The van der Waals surface area contributed by atoms with Gasteiger partial charge in [0, 0.05) is 26.1 Å². The van der Waals surface area contributed by atoms with Crippen molar-refractivity contribution < 1.29 is 29.0 Å². The number of carbonyl (C=O) groups excluding carboxylic acids is 3. The molecule has 0 radical (unpaired) electrons. The Hall–Kier alpha value is -1.87. The summed E-state index contributed by atoms with van der Waals surface area (Å²) in [4.78, 5) is 41.7. The quantitative estimate of drug-likeness (QED) is 0.649. The molecule has 0 saturated carbocycles. The van der Waals surface area contributed by atoms with Crippen molar-refractivity contribution in [2.75, 3.05) is 20.3 Å². The van der Waals surface area contributed by atoms with Crippen LogP contribution in [0.1, 0.15) is 66.7 Å². The Labute approximate surface area is 185 Å². The van der Waals surface area contributed by atoms with Crippen molar-refractivity contribution in [3.05, 3.63) is 0 Å². The van der Waals surface area contributed by atoms with Crippen LogP contribution < -0.4 is 5.32 Å². The van der Waals surface area contributed by atoms with Gasteiger partial charge < -0.3 is 24.8 Å². The van der Waals surface area contributed by atoms with Crippen molar-refractivity contribution in [3.8, 4) is 0 Å². The molecule has 178 valence electrons. The van der Waals surface area contributed by atoms with E-state index in [0.717, 1.165) is 25.7 Å². The van der Waals surface area contributed by atoms with Gasteiger partial charge in [0.2, 0.25) is 11.8 Å². The lowest BCUT2D eigenvalue weighted by Gasteiger charge is -2.38. The Balaban J connectivity index is 2.14. The summed E-state index contributed by atoms with van der Waals surface area (Å²) in [6.07, 6.45) is 2.84. The fourth-order valence-corrected chi connectivity index (χ4v) is 4.29. The highest BCUT2D eigenvalue weighted by atomic mass is 16.6. The molecule has 5 atom stereocenters. The Kier molecular flexibility index (Phi) is 8.71. The molecule has 2 aliphatic rings. The summed E-state index contributed by atoms with van der Waals surface area (Å²) >= 11 is 0. The van der Waals surface area contributed by atoms with Crippen LogP contribution in [0.2, 0.25) is 0 Å². The molecule has 31 heavy (non-hydrogen) atoms. The lowest BCUT2D eigenvalue weighted by atomic mass is 9.96. The third-order valence-corrected chi connectivity index (χ3v) is 6.06. The van der Waals surface area contributed by atoms with E-state index in [1.807, 2.05) is 6.92 Å². The fraction of sp³-hybridized carbons (Fsp3) is 0.864. The number of ether oxygens (including phenoxy) is 2. The number of rotatable bonds is 6. The topological polar surface area (TPSA) is 108 Å². The number of aliphatic hydroxyl groups is 1. The van der Waals surface area contributed by atoms with Crippen molar-refractivity contribution in [1.29, 1.82) is 0 Å². The summed E-state index contributed by atoms with van der Waals surface area (Å²) in [7, 11) is 1.50. The van der Waals surface area contributed by atoms with Crippen LogP contribution >= 0.6 is 0 Å². The number of aliphatic hydroxyl groups excluding tert-OH is 1. The second-order valence-corrected chi connectivity index (χ2v) is 9.53. The van der Waals surface area contributed by atoms with E-state index in [9.17, 15) is 19.5 Å². The molecule has 0 bridgehead atoms. The van der Waals surface area contributed by atoms with E-state index < -0.39 is 29.7 Å². The van der Waals surface area contributed by atoms with Gasteiger partial charge in [0.05, 0.1) is 18.8 Å². The van der Waals surface area contributed by atoms with Crippen molar-refractivity contribution in [2.45, 2.75) is 103 Å². The highest BCUT2D eigenvalue weighted by molar-refractivity contribution is 5.91. The molecule has 2 fully saturated rings. The molecule has 0 aromatic rings. The SMILES string of the molecule is CCOC1CC[C@H]2CC[C@@H](CO)N2C(=O)[C@@H](NC(=O)[C@H](C)N(C)C(=O)OC(C)(C)C)C1. The Bertz CT molecular complexity index is 650. The van der Waals surface area contributed by atoms with Crippen molar-refractivity contribution in [3.63, 3.8) is 0 Å². The van der Waals surface area contributed by atoms with Crippen molar-refractivity contribution in [1.82, 2.24) is 15.1 Å². The van der Waals surface area contributed by atoms with Gasteiger partial charge in [-0.1, -0.05) is 0 Å². The highest BCUT2D eigenvalue weighted by Crippen LogP contribution is 2.31. The van der Waals surface area contributed by atoms with Gasteiger partial charge in [0.25, 0.3) is 0 Å². The van der Waals surface area contributed by atoms with Gasteiger partial charge in [-0.3, -0.25) is 14.5 Å². The van der Waals surface area contributed by atoms with E-state index in [4.69, 9.17) is 9.47 Å². The van der Waals surface area contributed by atoms with Gasteiger partial charge in [0.15, 0.2) is 0 Å². The third-order valence-electron chi connectivity index (χ3n) is 6.06. The normalized spacial score (nSPS) is 27.7. The number of amides is 3. The molecule has 0 spiro atoms. The van der Waals surface area contributed by atoms with Gasteiger partial charge in [-0.25, -0.2) is 4.79 Å². The number of hydrogen-bond donors (Lipinski definition) is 2. The van der Waals surface area contributed by atoms with Crippen LogP contribution in [0.25, 0.3) is 0 Å². The molecule has 9 nitrogen and oxygen atoms in total. The number of fused-ring (bicyclic) bond motifs is 1. The standard InChI is InChI=1S/C22H39N3O6/c1-7-30-17-11-10-15-8-9-16(13-26)25(15)20(28)18(12-17)23-19(27)14(2)24(6)21(29)31-22(3,4)5/h14-18,26H,7-13H2,1-6H3,(H,23,27)/t14-,15+,16-,17?,18-/m0/s1. The third kappa shape index (κ3) is 6.55. The summed E-state index contributed by atoms with van der Waals surface area (Å²) in [5, 5.41) is 12.6. The van der Waals surface area contributed by atoms with Crippen molar-refractivity contribution in [2.24, 2.45) is 0 Å². The minimum Gasteiger partial charge on any atom is -0.444 e. The van der Waals surface area contributed by atoms with Gasteiger partial charge in [0.1, 0.15) is 17.7 Å². The minimum atomic E-state index is -0.818. The summed E-state index contributed by atoms with van der Waals surface area (Å²) in [5.74, 6) is -0.620. The van der Waals surface area contributed by atoms with E-state index in [-0.39, 0.29) is 30.7 Å². The summed E-state index contributed by atoms with van der Waals surface area (Å²) in [5.41, 5.74) is -0.675. The zero-order chi connectivity index (χ0) is 23.3. The molecule has 1 unspecified atom stereocenters. The Morgan fingerprint density at radius 3 is 2.48 bits per heavy atom. The lowest BCUT2D eigenvalue weighted by Crippen LogP contribution is -2.58. The number of likely N-dealkylation sites (N-methyl/N-ethyl adjacent to an activating group) is 1. The van der Waals surface area contributed by atoms with Gasteiger partial charge in [-0.05, 0) is 60.3 Å². The van der Waals surface area contributed by atoms with Gasteiger partial charge in [-0.2, -0.15) is 0 Å². The van der Waals surface area contributed by atoms with Gasteiger partial charge >= 0.3 is 6.09 Å². The van der Waals surface area contributed by atoms with E-state index in [1.54, 1.807) is 32.6 Å². The molecule has 9 heteroatoms. The molecule has 0 aliphatic carbocycles. The summed E-state index contributed by atoms with van der Waals surface area (Å²) < 4.78 is 11.2. The first-order chi connectivity index (χ1) is 14.5. The Morgan fingerprint density at radius 2 is 1.90 bits per heavy atom. The molecule has 2 aliphatic heterocycles. The molecule has 2 N–H and O–H groups in total. The zero-order valence-electron chi connectivity index (χ0n) is 19.7. The average Bonchev–Trinajstić information content (AvgIpc) is 3.10. The van der Waals surface area contributed by atoms with Crippen LogP contribution in [0.5, 0.6) is 0 Å². The number of nitrogens with zero attached hydrogens (tertiary/aromatic N) is 2. The molecular formula is C22H39N3O6. The monoisotopic (exact) mass is 441 g/mol. The average molecular weight is 442 g/mol. The second kappa shape index (κ2) is 10.6. The molecular weight excluding hydrogens is 402 g/mol. The van der Waals surface area contributed by atoms with E-state index in [0.29, 0.717) is 13.0 Å². The maximum Gasteiger partial charge on any atom is 0.410 e. The van der Waals surface area contributed by atoms with Crippen molar-refractivity contribution >= 4 is 17.9 Å². The maximum atomic E-state index is 13.4. The summed E-state index contributed by atoms with van der Waals surface area (Å²) in [6, 6.07) is -1.76. The van der Waals surface area contributed by atoms with E-state index in [2.05, 4.69) is 5.32 Å². The minimum absolute atomic E-state index is 0.0502. The first-order valence-electron chi connectivity index (χ1n) is 11.3. The zero-order valence-corrected chi connectivity index (χ0v) is 19.7. The van der Waals surface area contributed by atoms with Crippen LogP contribution in [0.15, 0.2) is 0 Å². The van der Waals surface area contributed by atoms with E-state index >= 15 is 0 Å². The highest BCUT2D eigenvalue weighted by Gasteiger charge is 2.42. The van der Waals surface area contributed by atoms with Crippen LogP contribution in [0, 0.1) is 0 Å². The summed E-state index contributed by atoms with van der Waals surface area (Å²) in [6.45, 7) is 9.23. The second-order valence-electron chi connectivity index (χ2n) is 9.53. The largest absolute Gasteiger partial charge is 0.444 e. The first kappa shape index (κ1) is 25.4. The predicted octanol–water partition coefficient (Wildman–Crippen LogP) is 1.67. The molecule has 2 saturated heterocycles.